The molecule has 0 bridgehead atoms. The fraction of sp³-hybridized carbons (Fsp3) is 0.714. The van der Waals surface area contributed by atoms with Crippen molar-refractivity contribution in [2.24, 2.45) is 0 Å². The molecule has 1 unspecified atom stereocenters. The van der Waals surface area contributed by atoms with Gasteiger partial charge in [-0.3, -0.25) is 0 Å². The molecule has 8 heteroatoms. The Labute approximate surface area is 137 Å². The summed E-state index contributed by atoms with van der Waals surface area (Å²) in [6.07, 6.45) is 2.78. The van der Waals surface area contributed by atoms with E-state index in [1.54, 1.807) is 13.4 Å². The number of aromatic nitrogens is 2. The molecule has 0 spiro atoms. The highest BCUT2D eigenvalue weighted by atomic mass is 35.5. The van der Waals surface area contributed by atoms with E-state index in [1.807, 2.05) is 14.0 Å². The highest BCUT2D eigenvalue weighted by Gasteiger charge is 2.31. The van der Waals surface area contributed by atoms with Crippen molar-refractivity contribution >= 4 is 24.0 Å². The average molecular weight is 330 g/mol. The van der Waals surface area contributed by atoms with Crippen molar-refractivity contribution < 1.29 is 9.47 Å². The van der Waals surface area contributed by atoms with Crippen LogP contribution in [-0.2, 0) is 4.74 Å². The standard InChI is InChI=1S/C14H23N5O2.ClH/c1-9(20-3)11-7-21-12-13(18-11)16-8-17-14(12)19-5-4-10(6-19)15-2;/h8-11,15H,4-7H2,1-3H3,(H,16,17,18);1H/t9?,10-,11+;/m1./s1. The summed E-state index contributed by atoms with van der Waals surface area (Å²) in [5.74, 6) is 2.40. The third-order valence-electron chi connectivity index (χ3n) is 4.35. The van der Waals surface area contributed by atoms with Crippen molar-refractivity contribution in [1.82, 2.24) is 15.3 Å². The van der Waals surface area contributed by atoms with E-state index in [0.717, 1.165) is 36.9 Å². The Bertz CT molecular complexity index is 504. The molecule has 1 aromatic heterocycles. The van der Waals surface area contributed by atoms with Gasteiger partial charge in [-0.25, -0.2) is 9.97 Å². The summed E-state index contributed by atoms with van der Waals surface area (Å²) in [5.41, 5.74) is 0. The summed E-state index contributed by atoms with van der Waals surface area (Å²) in [5, 5.41) is 6.71. The molecule has 2 aliphatic rings. The maximum absolute atomic E-state index is 5.94. The summed E-state index contributed by atoms with van der Waals surface area (Å²) >= 11 is 0. The minimum atomic E-state index is 0. The minimum Gasteiger partial charge on any atom is -0.484 e. The Morgan fingerprint density at radius 2 is 2.32 bits per heavy atom. The number of nitrogens with zero attached hydrogens (tertiary/aromatic N) is 3. The topological polar surface area (TPSA) is 71.5 Å². The van der Waals surface area contributed by atoms with E-state index in [4.69, 9.17) is 9.47 Å². The Hall–Kier alpha value is -1.31. The Balaban J connectivity index is 0.00000176. The second kappa shape index (κ2) is 7.30. The van der Waals surface area contributed by atoms with Crippen LogP contribution in [-0.4, -0.2) is 62.0 Å². The third kappa shape index (κ3) is 3.21. The van der Waals surface area contributed by atoms with Gasteiger partial charge in [0.05, 0.1) is 12.1 Å². The van der Waals surface area contributed by atoms with Crippen LogP contribution in [0, 0.1) is 0 Å². The second-order valence-corrected chi connectivity index (χ2v) is 5.60. The molecule has 124 valence electrons. The van der Waals surface area contributed by atoms with Crippen LogP contribution < -0.4 is 20.3 Å². The van der Waals surface area contributed by atoms with E-state index in [1.165, 1.54) is 0 Å². The summed E-state index contributed by atoms with van der Waals surface area (Å²) in [6, 6.07) is 0.613. The Morgan fingerprint density at radius 3 is 3.00 bits per heavy atom. The molecular weight excluding hydrogens is 306 g/mol. The number of likely N-dealkylation sites (N-methyl/N-ethyl adjacent to an activating group) is 1. The van der Waals surface area contributed by atoms with Crippen LogP contribution in [0.5, 0.6) is 5.75 Å². The lowest BCUT2D eigenvalue weighted by molar-refractivity contribution is 0.0804. The van der Waals surface area contributed by atoms with Gasteiger partial charge in [0.1, 0.15) is 12.9 Å². The molecule has 22 heavy (non-hydrogen) atoms. The Kier molecular flexibility index (Phi) is 5.66. The van der Waals surface area contributed by atoms with Gasteiger partial charge in [0, 0.05) is 26.2 Å². The second-order valence-electron chi connectivity index (χ2n) is 5.60. The predicted octanol–water partition coefficient (Wildman–Crippen LogP) is 0.904. The molecule has 3 atom stereocenters. The number of nitrogens with one attached hydrogen (secondary N) is 2. The molecular formula is C14H24ClN5O2. The van der Waals surface area contributed by atoms with E-state index in [9.17, 15) is 0 Å². The number of halogens is 1. The van der Waals surface area contributed by atoms with Crippen LogP contribution >= 0.6 is 12.4 Å². The summed E-state index contributed by atoms with van der Waals surface area (Å²) < 4.78 is 11.3. The maximum atomic E-state index is 5.94. The fourth-order valence-corrected chi connectivity index (χ4v) is 2.82. The fourth-order valence-electron chi connectivity index (χ4n) is 2.82. The van der Waals surface area contributed by atoms with Gasteiger partial charge in [-0.1, -0.05) is 0 Å². The summed E-state index contributed by atoms with van der Waals surface area (Å²) in [7, 11) is 3.70. The molecule has 2 N–H and O–H groups in total. The monoisotopic (exact) mass is 329 g/mol. The lowest BCUT2D eigenvalue weighted by atomic mass is 10.1. The molecule has 2 aliphatic heterocycles. The van der Waals surface area contributed by atoms with Crippen molar-refractivity contribution in [2.45, 2.75) is 31.5 Å². The molecule has 3 heterocycles. The molecule has 0 radical (unpaired) electrons. The molecule has 0 aromatic carbocycles. The van der Waals surface area contributed by atoms with Gasteiger partial charge in [-0.15, -0.1) is 12.4 Å². The number of hydrogen-bond donors (Lipinski definition) is 2. The van der Waals surface area contributed by atoms with Crippen LogP contribution in [0.25, 0.3) is 0 Å². The highest BCUT2D eigenvalue weighted by Crippen LogP contribution is 2.36. The van der Waals surface area contributed by atoms with Crippen molar-refractivity contribution in [3.05, 3.63) is 6.33 Å². The van der Waals surface area contributed by atoms with Gasteiger partial charge >= 0.3 is 0 Å². The molecule has 3 rings (SSSR count). The molecule has 7 nitrogen and oxygen atoms in total. The third-order valence-corrected chi connectivity index (χ3v) is 4.35. The van der Waals surface area contributed by atoms with Crippen molar-refractivity contribution in [3.8, 4) is 5.75 Å². The first-order valence-electron chi connectivity index (χ1n) is 7.42. The zero-order valence-electron chi connectivity index (χ0n) is 13.2. The molecule has 1 fully saturated rings. The smallest absolute Gasteiger partial charge is 0.204 e. The summed E-state index contributed by atoms with van der Waals surface area (Å²) in [6.45, 7) is 4.51. The summed E-state index contributed by atoms with van der Waals surface area (Å²) in [4.78, 5) is 11.0. The number of ether oxygens (including phenoxy) is 2. The molecule has 0 amide bonds. The van der Waals surface area contributed by atoms with Crippen LogP contribution in [0.1, 0.15) is 13.3 Å². The first kappa shape index (κ1) is 17.1. The first-order valence-corrected chi connectivity index (χ1v) is 7.42. The number of anilines is 2. The zero-order valence-corrected chi connectivity index (χ0v) is 14.0. The van der Waals surface area contributed by atoms with Crippen LogP contribution in [0.4, 0.5) is 11.6 Å². The van der Waals surface area contributed by atoms with Crippen molar-refractivity contribution in [2.75, 3.05) is 44.1 Å². The average Bonchev–Trinajstić information content (AvgIpc) is 3.01. The van der Waals surface area contributed by atoms with Gasteiger partial charge in [-0.05, 0) is 20.4 Å². The molecule has 1 saturated heterocycles. The quantitative estimate of drug-likeness (QED) is 0.850. The van der Waals surface area contributed by atoms with E-state index >= 15 is 0 Å². The number of fused-ring (bicyclic) bond motifs is 1. The van der Waals surface area contributed by atoms with Crippen LogP contribution in [0.3, 0.4) is 0 Å². The lowest BCUT2D eigenvalue weighted by Crippen LogP contribution is -2.41. The predicted molar refractivity (Wildman–Crippen MR) is 88.3 cm³/mol. The van der Waals surface area contributed by atoms with Crippen LogP contribution in [0.2, 0.25) is 0 Å². The number of rotatable bonds is 4. The van der Waals surface area contributed by atoms with E-state index in [0.29, 0.717) is 12.6 Å². The van der Waals surface area contributed by atoms with Gasteiger partial charge in [0.2, 0.25) is 5.75 Å². The number of hydrogen-bond acceptors (Lipinski definition) is 7. The van der Waals surface area contributed by atoms with Gasteiger partial charge in [-0.2, -0.15) is 0 Å². The van der Waals surface area contributed by atoms with E-state index in [2.05, 4.69) is 25.5 Å². The normalized spacial score (nSPS) is 24.8. The van der Waals surface area contributed by atoms with Crippen LogP contribution in [0.15, 0.2) is 6.33 Å². The lowest BCUT2D eigenvalue weighted by Gasteiger charge is -2.32. The van der Waals surface area contributed by atoms with Gasteiger partial charge < -0.3 is 25.0 Å². The molecule has 1 aromatic rings. The Morgan fingerprint density at radius 1 is 1.50 bits per heavy atom. The van der Waals surface area contributed by atoms with E-state index < -0.39 is 0 Å². The zero-order chi connectivity index (χ0) is 14.8. The number of methoxy groups -OCH3 is 1. The first-order chi connectivity index (χ1) is 10.2. The highest BCUT2D eigenvalue weighted by molar-refractivity contribution is 5.85. The van der Waals surface area contributed by atoms with Gasteiger partial charge in [0.25, 0.3) is 0 Å². The van der Waals surface area contributed by atoms with Crippen molar-refractivity contribution in [1.29, 1.82) is 0 Å². The largest absolute Gasteiger partial charge is 0.484 e. The van der Waals surface area contributed by atoms with Crippen molar-refractivity contribution in [3.63, 3.8) is 0 Å². The SMILES string of the molecule is CN[C@@H]1CCN(c2ncnc3c2OC[C@@H](C(C)OC)N3)C1.Cl. The molecule has 0 aliphatic carbocycles. The molecule has 0 saturated carbocycles. The van der Waals surface area contributed by atoms with E-state index in [-0.39, 0.29) is 24.6 Å². The minimum absolute atomic E-state index is 0. The maximum Gasteiger partial charge on any atom is 0.204 e. The van der Waals surface area contributed by atoms with Gasteiger partial charge in [0.15, 0.2) is 11.6 Å².